The zero-order valence-corrected chi connectivity index (χ0v) is 15.4. The third kappa shape index (κ3) is 3.29. The molecule has 0 saturated heterocycles. The number of carbonyl (C=O) groups excluding carboxylic acids is 1. The molecule has 6 heteroatoms. The van der Waals surface area contributed by atoms with E-state index in [-0.39, 0.29) is 5.91 Å². The van der Waals surface area contributed by atoms with Gasteiger partial charge < -0.3 is 5.32 Å². The third-order valence-corrected chi connectivity index (χ3v) is 4.41. The predicted molar refractivity (Wildman–Crippen MR) is 105 cm³/mol. The van der Waals surface area contributed by atoms with Gasteiger partial charge >= 0.3 is 0 Å². The smallest absolute Gasteiger partial charge is 0.278 e. The molecule has 2 aromatic heterocycles. The van der Waals surface area contributed by atoms with Crippen LogP contribution in [0.4, 0.5) is 5.69 Å². The fourth-order valence-corrected chi connectivity index (χ4v) is 3.06. The number of carbonyl (C=O) groups is 1. The standard InChI is InChI=1S/C21H19N5O/c1-13-8-9-19(14(2)10-13)26-24-15(3)20(25-26)21(27)23-17-11-16-6-4-5-7-18(16)22-12-17/h4-12H,1-3H3,(H,23,27). The first-order chi connectivity index (χ1) is 13.0. The van der Waals surface area contributed by atoms with Crippen molar-refractivity contribution in [3.05, 3.63) is 77.2 Å². The van der Waals surface area contributed by atoms with E-state index in [0.29, 0.717) is 17.1 Å². The van der Waals surface area contributed by atoms with Crippen molar-refractivity contribution >= 4 is 22.5 Å². The highest BCUT2D eigenvalue weighted by molar-refractivity contribution is 6.04. The summed E-state index contributed by atoms with van der Waals surface area (Å²) >= 11 is 0. The third-order valence-electron chi connectivity index (χ3n) is 4.41. The molecular weight excluding hydrogens is 338 g/mol. The van der Waals surface area contributed by atoms with Crippen molar-refractivity contribution in [1.29, 1.82) is 0 Å². The van der Waals surface area contributed by atoms with Crippen LogP contribution >= 0.6 is 0 Å². The first-order valence-electron chi connectivity index (χ1n) is 8.69. The molecule has 2 aromatic carbocycles. The number of benzene rings is 2. The Balaban J connectivity index is 1.62. The van der Waals surface area contributed by atoms with E-state index < -0.39 is 0 Å². The minimum absolute atomic E-state index is 0.295. The summed E-state index contributed by atoms with van der Waals surface area (Å²) in [4.78, 5) is 18.6. The number of amides is 1. The van der Waals surface area contributed by atoms with E-state index >= 15 is 0 Å². The number of hydrogen-bond donors (Lipinski definition) is 1. The van der Waals surface area contributed by atoms with Crippen molar-refractivity contribution in [3.63, 3.8) is 0 Å². The maximum Gasteiger partial charge on any atom is 0.278 e. The number of fused-ring (bicyclic) bond motifs is 1. The van der Waals surface area contributed by atoms with Crippen molar-refractivity contribution < 1.29 is 4.79 Å². The number of aryl methyl sites for hydroxylation is 3. The summed E-state index contributed by atoms with van der Waals surface area (Å²) < 4.78 is 0. The van der Waals surface area contributed by atoms with Crippen molar-refractivity contribution in [2.45, 2.75) is 20.8 Å². The zero-order valence-electron chi connectivity index (χ0n) is 15.4. The fourth-order valence-electron chi connectivity index (χ4n) is 3.06. The normalized spacial score (nSPS) is 10.9. The molecule has 0 spiro atoms. The van der Waals surface area contributed by atoms with Crippen molar-refractivity contribution in [2.24, 2.45) is 0 Å². The van der Waals surface area contributed by atoms with Crippen LogP contribution in [0.3, 0.4) is 0 Å². The molecule has 0 aliphatic carbocycles. The molecule has 0 atom stereocenters. The number of pyridine rings is 1. The van der Waals surface area contributed by atoms with Gasteiger partial charge in [0.1, 0.15) is 0 Å². The summed E-state index contributed by atoms with van der Waals surface area (Å²) in [6.45, 7) is 5.82. The Morgan fingerprint density at radius 3 is 2.63 bits per heavy atom. The molecule has 0 aliphatic rings. The van der Waals surface area contributed by atoms with E-state index in [1.165, 1.54) is 10.4 Å². The number of hydrogen-bond acceptors (Lipinski definition) is 4. The van der Waals surface area contributed by atoms with Gasteiger partial charge in [0, 0.05) is 5.39 Å². The quantitative estimate of drug-likeness (QED) is 0.602. The van der Waals surface area contributed by atoms with Crippen LogP contribution in [0, 0.1) is 20.8 Å². The summed E-state index contributed by atoms with van der Waals surface area (Å²) in [5.41, 5.74) is 5.45. The zero-order chi connectivity index (χ0) is 19.0. The van der Waals surface area contributed by atoms with E-state index in [4.69, 9.17) is 0 Å². The van der Waals surface area contributed by atoms with Gasteiger partial charge in [-0.15, -0.1) is 5.10 Å². The molecule has 4 rings (SSSR count). The van der Waals surface area contributed by atoms with Gasteiger partial charge in [0.25, 0.3) is 5.91 Å². The molecule has 0 radical (unpaired) electrons. The lowest BCUT2D eigenvalue weighted by molar-refractivity contribution is 0.102. The number of nitrogens with one attached hydrogen (secondary N) is 1. The first-order valence-corrected chi connectivity index (χ1v) is 8.69. The number of anilines is 1. The Morgan fingerprint density at radius 1 is 1.00 bits per heavy atom. The van der Waals surface area contributed by atoms with E-state index in [2.05, 4.69) is 26.6 Å². The molecule has 0 unspecified atom stereocenters. The molecule has 2 heterocycles. The number of para-hydroxylation sites is 1. The minimum atomic E-state index is -0.305. The topological polar surface area (TPSA) is 72.7 Å². The van der Waals surface area contributed by atoms with E-state index in [9.17, 15) is 4.79 Å². The Labute approximate surface area is 156 Å². The number of nitrogens with zero attached hydrogens (tertiary/aromatic N) is 4. The Hall–Kier alpha value is -3.54. The second kappa shape index (κ2) is 6.64. The van der Waals surface area contributed by atoms with Gasteiger partial charge in [0.05, 0.1) is 28.8 Å². The van der Waals surface area contributed by atoms with Crippen molar-refractivity contribution in [3.8, 4) is 5.69 Å². The highest BCUT2D eigenvalue weighted by atomic mass is 16.2. The second-order valence-corrected chi connectivity index (χ2v) is 6.58. The van der Waals surface area contributed by atoms with E-state index in [1.807, 2.05) is 56.3 Å². The Morgan fingerprint density at radius 2 is 1.81 bits per heavy atom. The number of rotatable bonds is 3. The largest absolute Gasteiger partial charge is 0.319 e. The van der Waals surface area contributed by atoms with Gasteiger partial charge in [-0.25, -0.2) is 0 Å². The van der Waals surface area contributed by atoms with Gasteiger partial charge in [-0.1, -0.05) is 35.9 Å². The van der Waals surface area contributed by atoms with Gasteiger partial charge in [0.15, 0.2) is 5.69 Å². The highest BCUT2D eigenvalue weighted by Crippen LogP contribution is 2.18. The fraction of sp³-hybridized carbons (Fsp3) is 0.143. The summed E-state index contributed by atoms with van der Waals surface area (Å²) in [6, 6.07) is 15.7. The van der Waals surface area contributed by atoms with Gasteiger partial charge in [-0.05, 0) is 44.5 Å². The first kappa shape index (κ1) is 16.9. The lowest BCUT2D eigenvalue weighted by Gasteiger charge is -2.05. The van der Waals surface area contributed by atoms with Crippen molar-refractivity contribution in [1.82, 2.24) is 20.0 Å². The monoisotopic (exact) mass is 357 g/mol. The van der Waals surface area contributed by atoms with E-state index in [1.54, 1.807) is 13.1 Å². The molecule has 1 amide bonds. The second-order valence-electron chi connectivity index (χ2n) is 6.58. The van der Waals surface area contributed by atoms with Crippen LogP contribution in [-0.2, 0) is 0 Å². The van der Waals surface area contributed by atoms with Crippen molar-refractivity contribution in [2.75, 3.05) is 5.32 Å². The minimum Gasteiger partial charge on any atom is -0.319 e. The molecule has 1 N–H and O–H groups in total. The maximum absolute atomic E-state index is 12.7. The molecule has 27 heavy (non-hydrogen) atoms. The molecule has 6 nitrogen and oxygen atoms in total. The maximum atomic E-state index is 12.7. The highest BCUT2D eigenvalue weighted by Gasteiger charge is 2.17. The van der Waals surface area contributed by atoms with Crippen LogP contribution in [0.5, 0.6) is 0 Å². The van der Waals surface area contributed by atoms with Crippen LogP contribution < -0.4 is 5.32 Å². The van der Waals surface area contributed by atoms with E-state index in [0.717, 1.165) is 22.2 Å². The molecule has 4 aromatic rings. The van der Waals surface area contributed by atoms with Gasteiger partial charge in [-0.3, -0.25) is 9.78 Å². The SMILES string of the molecule is Cc1ccc(-n2nc(C)c(C(=O)Nc3cnc4ccccc4c3)n2)c(C)c1. The van der Waals surface area contributed by atoms with Crippen LogP contribution in [-0.4, -0.2) is 25.9 Å². The predicted octanol–water partition coefficient (Wildman–Crippen LogP) is 3.99. The average Bonchev–Trinajstić information content (AvgIpc) is 3.03. The number of aromatic nitrogens is 4. The lowest BCUT2D eigenvalue weighted by atomic mass is 10.1. The van der Waals surface area contributed by atoms with Gasteiger partial charge in [0.2, 0.25) is 0 Å². The van der Waals surface area contributed by atoms with Gasteiger partial charge in [-0.2, -0.15) is 9.90 Å². The summed E-state index contributed by atoms with van der Waals surface area (Å²) in [7, 11) is 0. The Bertz CT molecular complexity index is 1160. The molecule has 134 valence electrons. The Kier molecular flexibility index (Phi) is 4.16. The molecule has 0 fully saturated rings. The molecular formula is C21H19N5O. The molecule has 0 bridgehead atoms. The van der Waals surface area contributed by atoms with Crippen LogP contribution in [0.1, 0.15) is 27.3 Å². The molecule has 0 saturated carbocycles. The summed E-state index contributed by atoms with van der Waals surface area (Å²) in [5.74, 6) is -0.305. The summed E-state index contributed by atoms with van der Waals surface area (Å²) in [6.07, 6.45) is 1.64. The summed E-state index contributed by atoms with van der Waals surface area (Å²) in [5, 5.41) is 12.6. The average molecular weight is 357 g/mol. The van der Waals surface area contributed by atoms with Crippen LogP contribution in [0.25, 0.3) is 16.6 Å². The van der Waals surface area contributed by atoms with Crippen LogP contribution in [0.15, 0.2) is 54.7 Å². The lowest BCUT2D eigenvalue weighted by Crippen LogP contribution is -2.14. The molecule has 0 aliphatic heterocycles. The van der Waals surface area contributed by atoms with Crippen LogP contribution in [0.2, 0.25) is 0 Å².